The Labute approximate surface area is 97.6 Å². The maximum atomic E-state index is 2.22. The summed E-state index contributed by atoms with van der Waals surface area (Å²) >= 11 is 0. The van der Waals surface area contributed by atoms with E-state index in [-0.39, 0.29) is 20.4 Å². The Morgan fingerprint density at radius 3 is 1.57 bits per heavy atom. The van der Waals surface area contributed by atoms with Crippen LogP contribution in [0.4, 0.5) is 0 Å². The quantitative estimate of drug-likeness (QED) is 0.551. The van der Waals surface area contributed by atoms with Crippen LogP contribution < -0.4 is 0 Å². The average Bonchev–Trinajstić information content (AvgIpc) is 2.56. The maximum Gasteiger partial charge on any atom is 0 e. The largest absolute Gasteiger partial charge is 0.0619 e. The Morgan fingerprint density at radius 1 is 0.643 bits per heavy atom. The molecule has 0 radical (unpaired) electrons. The van der Waals surface area contributed by atoms with Gasteiger partial charge in [0.05, 0.1) is 0 Å². The van der Waals surface area contributed by atoms with Crippen molar-refractivity contribution in [3.63, 3.8) is 0 Å². The van der Waals surface area contributed by atoms with Crippen molar-refractivity contribution in [1.82, 2.24) is 0 Å². The van der Waals surface area contributed by atoms with Crippen LogP contribution in [-0.2, 0) is 26.8 Å². The van der Waals surface area contributed by atoms with Crippen molar-refractivity contribution >= 4 is 0 Å². The first-order valence-electron chi connectivity index (χ1n) is 4.61. The van der Waals surface area contributed by atoms with Gasteiger partial charge in [-0.25, -0.2) is 0 Å². The molecule has 0 amide bonds. The molecule has 2 aromatic carbocycles. The molecule has 0 heterocycles. The van der Waals surface area contributed by atoms with E-state index >= 15 is 0 Å². The Morgan fingerprint density at radius 2 is 1.07 bits per heavy atom. The van der Waals surface area contributed by atoms with Gasteiger partial charge in [-0.3, -0.25) is 0 Å². The predicted octanol–water partition coefficient (Wildman–Crippen LogP) is 3.26. The standard InChI is InChI=1S/C13H10.Pd/c1-3-7-12-10(5-1)9-11-6-2-4-8-13(11)12;/h1-8H,9H2;. The van der Waals surface area contributed by atoms with E-state index in [1.165, 1.54) is 22.3 Å². The van der Waals surface area contributed by atoms with Crippen molar-refractivity contribution in [2.24, 2.45) is 0 Å². The summed E-state index contributed by atoms with van der Waals surface area (Å²) in [6.07, 6.45) is 1.10. The Balaban J connectivity index is 0.000000750. The van der Waals surface area contributed by atoms with Crippen LogP contribution in [-0.4, -0.2) is 0 Å². The molecule has 1 aliphatic carbocycles. The first kappa shape index (κ1) is 9.65. The third-order valence-corrected chi connectivity index (χ3v) is 2.71. The van der Waals surface area contributed by atoms with Crippen LogP contribution in [0.1, 0.15) is 11.1 Å². The van der Waals surface area contributed by atoms with Gasteiger partial charge in [0.2, 0.25) is 0 Å². The molecule has 0 aromatic heterocycles. The van der Waals surface area contributed by atoms with Gasteiger partial charge in [0.15, 0.2) is 0 Å². The molecule has 0 unspecified atom stereocenters. The van der Waals surface area contributed by atoms with Crippen molar-refractivity contribution in [2.75, 3.05) is 0 Å². The van der Waals surface area contributed by atoms with E-state index in [0.717, 1.165) is 6.42 Å². The normalized spacial score (nSPS) is 11.4. The van der Waals surface area contributed by atoms with Crippen LogP contribution in [0.25, 0.3) is 11.1 Å². The van der Waals surface area contributed by atoms with Gasteiger partial charge in [0.1, 0.15) is 0 Å². The van der Waals surface area contributed by atoms with Gasteiger partial charge >= 0.3 is 0 Å². The van der Waals surface area contributed by atoms with Crippen LogP contribution in [0.5, 0.6) is 0 Å². The van der Waals surface area contributed by atoms with Crippen molar-refractivity contribution in [3.8, 4) is 11.1 Å². The summed E-state index contributed by atoms with van der Waals surface area (Å²) in [5.41, 5.74) is 5.75. The van der Waals surface area contributed by atoms with Gasteiger partial charge in [-0.1, -0.05) is 48.5 Å². The molecule has 0 bridgehead atoms. The van der Waals surface area contributed by atoms with Crippen molar-refractivity contribution < 1.29 is 20.4 Å². The zero-order valence-electron chi connectivity index (χ0n) is 7.64. The SMILES string of the molecule is [Pd].c1ccc2c(c1)Cc1ccccc1-2. The molecule has 14 heavy (non-hydrogen) atoms. The summed E-state index contributed by atoms with van der Waals surface area (Å²) in [5.74, 6) is 0. The molecule has 2 aromatic rings. The second-order valence-corrected chi connectivity index (χ2v) is 3.49. The Hall–Kier alpha value is -0.898. The Bertz CT molecular complexity index is 417. The molecule has 1 heteroatoms. The van der Waals surface area contributed by atoms with Gasteiger partial charge in [-0.15, -0.1) is 0 Å². The fourth-order valence-electron chi connectivity index (χ4n) is 2.08. The van der Waals surface area contributed by atoms with Crippen LogP contribution >= 0.6 is 0 Å². The molecular weight excluding hydrogens is 263 g/mol. The zero-order chi connectivity index (χ0) is 8.67. The predicted molar refractivity (Wildman–Crippen MR) is 54.7 cm³/mol. The molecule has 0 aliphatic heterocycles. The van der Waals surface area contributed by atoms with E-state index in [1.807, 2.05) is 0 Å². The van der Waals surface area contributed by atoms with Gasteiger partial charge in [-0.2, -0.15) is 0 Å². The molecular formula is C13H10Pd. The molecule has 0 spiro atoms. The summed E-state index contributed by atoms with van der Waals surface area (Å²) in [4.78, 5) is 0. The minimum Gasteiger partial charge on any atom is -0.0619 e. The van der Waals surface area contributed by atoms with Crippen LogP contribution in [0.2, 0.25) is 0 Å². The third kappa shape index (κ3) is 1.34. The average molecular weight is 273 g/mol. The number of rotatable bonds is 0. The van der Waals surface area contributed by atoms with Gasteiger partial charge in [-0.05, 0) is 28.7 Å². The fourth-order valence-corrected chi connectivity index (χ4v) is 2.08. The first-order valence-corrected chi connectivity index (χ1v) is 4.61. The molecule has 0 saturated heterocycles. The third-order valence-electron chi connectivity index (χ3n) is 2.71. The molecule has 72 valence electrons. The molecule has 3 rings (SSSR count). The zero-order valence-corrected chi connectivity index (χ0v) is 9.20. The summed E-state index contributed by atoms with van der Waals surface area (Å²) < 4.78 is 0. The van der Waals surface area contributed by atoms with E-state index < -0.39 is 0 Å². The second-order valence-electron chi connectivity index (χ2n) is 3.49. The number of benzene rings is 2. The second kappa shape index (κ2) is 3.69. The molecule has 0 fully saturated rings. The van der Waals surface area contributed by atoms with Crippen molar-refractivity contribution in [3.05, 3.63) is 59.7 Å². The number of fused-ring (bicyclic) bond motifs is 3. The summed E-state index contributed by atoms with van der Waals surface area (Å²) in [7, 11) is 0. The smallest absolute Gasteiger partial charge is 0 e. The topological polar surface area (TPSA) is 0 Å². The summed E-state index contributed by atoms with van der Waals surface area (Å²) in [6, 6.07) is 17.3. The van der Waals surface area contributed by atoms with E-state index in [4.69, 9.17) is 0 Å². The van der Waals surface area contributed by atoms with Gasteiger partial charge in [0.25, 0.3) is 0 Å². The molecule has 0 N–H and O–H groups in total. The van der Waals surface area contributed by atoms with Crippen LogP contribution in [0.15, 0.2) is 48.5 Å². The Kier molecular flexibility index (Phi) is 2.54. The molecule has 1 aliphatic rings. The maximum absolute atomic E-state index is 2.22. The van der Waals surface area contributed by atoms with Gasteiger partial charge < -0.3 is 0 Å². The van der Waals surface area contributed by atoms with Crippen LogP contribution in [0, 0.1) is 0 Å². The molecule has 0 saturated carbocycles. The number of hydrogen-bond acceptors (Lipinski definition) is 0. The fraction of sp³-hybridized carbons (Fsp3) is 0.0769. The van der Waals surface area contributed by atoms with E-state index in [9.17, 15) is 0 Å². The van der Waals surface area contributed by atoms with E-state index in [1.54, 1.807) is 0 Å². The van der Waals surface area contributed by atoms with Crippen molar-refractivity contribution in [2.45, 2.75) is 6.42 Å². The number of hydrogen-bond donors (Lipinski definition) is 0. The van der Waals surface area contributed by atoms with Gasteiger partial charge in [0, 0.05) is 20.4 Å². The summed E-state index contributed by atoms with van der Waals surface area (Å²) in [6.45, 7) is 0. The minimum atomic E-state index is 0. The summed E-state index contributed by atoms with van der Waals surface area (Å²) in [5, 5.41) is 0. The minimum absolute atomic E-state index is 0. The molecule has 0 atom stereocenters. The van der Waals surface area contributed by atoms with E-state index in [2.05, 4.69) is 48.5 Å². The first-order chi connectivity index (χ1) is 6.45. The molecule has 0 nitrogen and oxygen atoms in total. The monoisotopic (exact) mass is 272 g/mol. The van der Waals surface area contributed by atoms with Crippen molar-refractivity contribution in [1.29, 1.82) is 0 Å². The van der Waals surface area contributed by atoms with E-state index in [0.29, 0.717) is 0 Å². The van der Waals surface area contributed by atoms with Crippen LogP contribution in [0.3, 0.4) is 0 Å².